The minimum Gasteiger partial charge on any atom is -0.497 e. The lowest BCUT2D eigenvalue weighted by atomic mass is 9.75. The SMILES string of the molecule is COCCCN1CCOc2ccc(CO[C@H]3CC[C@@H](C(=O)NCc4cccc(-c5ccccc5)c4)C[C@@H]3c3ccc(OC)cc3)cc21. The van der Waals surface area contributed by atoms with Crippen LogP contribution in [0.2, 0.25) is 0 Å². The molecule has 0 aromatic heterocycles. The Morgan fingerprint density at radius 2 is 1.72 bits per heavy atom. The van der Waals surface area contributed by atoms with Gasteiger partial charge in [-0.15, -0.1) is 0 Å². The molecule has 1 N–H and O–H groups in total. The summed E-state index contributed by atoms with van der Waals surface area (Å²) in [5.74, 6) is 1.86. The van der Waals surface area contributed by atoms with Crippen molar-refractivity contribution in [1.29, 1.82) is 0 Å². The van der Waals surface area contributed by atoms with Crippen LogP contribution in [0.5, 0.6) is 11.5 Å². The molecule has 246 valence electrons. The largest absolute Gasteiger partial charge is 0.497 e. The molecule has 0 saturated heterocycles. The van der Waals surface area contributed by atoms with Crippen LogP contribution in [0.1, 0.15) is 48.3 Å². The number of methoxy groups -OCH3 is 2. The summed E-state index contributed by atoms with van der Waals surface area (Å²) in [5.41, 5.74) is 6.83. The molecule has 0 bridgehead atoms. The van der Waals surface area contributed by atoms with Gasteiger partial charge in [-0.25, -0.2) is 0 Å². The van der Waals surface area contributed by atoms with Crippen molar-refractivity contribution in [3.8, 4) is 22.6 Å². The van der Waals surface area contributed by atoms with Crippen molar-refractivity contribution < 1.29 is 23.7 Å². The first-order valence-electron chi connectivity index (χ1n) is 16.8. The van der Waals surface area contributed by atoms with Gasteiger partial charge in [-0.05, 0) is 83.8 Å². The fourth-order valence-electron chi connectivity index (χ4n) is 6.85. The quantitative estimate of drug-likeness (QED) is 0.155. The van der Waals surface area contributed by atoms with Crippen LogP contribution < -0.4 is 19.7 Å². The van der Waals surface area contributed by atoms with Gasteiger partial charge in [-0.2, -0.15) is 0 Å². The number of hydrogen-bond donors (Lipinski definition) is 1. The fraction of sp³-hybridized carbons (Fsp3) is 0.375. The van der Waals surface area contributed by atoms with Crippen LogP contribution in [-0.2, 0) is 27.4 Å². The van der Waals surface area contributed by atoms with E-state index in [1.165, 1.54) is 11.1 Å². The Bertz CT molecular complexity index is 1590. The Balaban J connectivity index is 1.11. The molecule has 3 atom stereocenters. The molecular weight excluding hydrogens is 588 g/mol. The van der Waals surface area contributed by atoms with Crippen molar-refractivity contribution in [3.63, 3.8) is 0 Å². The van der Waals surface area contributed by atoms with Gasteiger partial charge in [-0.3, -0.25) is 4.79 Å². The van der Waals surface area contributed by atoms with E-state index in [-0.39, 0.29) is 23.8 Å². The molecule has 1 fully saturated rings. The van der Waals surface area contributed by atoms with Gasteiger partial charge in [0.25, 0.3) is 0 Å². The molecule has 1 aliphatic heterocycles. The molecule has 0 unspecified atom stereocenters. The average molecular weight is 635 g/mol. The van der Waals surface area contributed by atoms with Gasteiger partial charge in [0, 0.05) is 38.6 Å². The summed E-state index contributed by atoms with van der Waals surface area (Å²) in [6, 6.07) is 33.3. The lowest BCUT2D eigenvalue weighted by molar-refractivity contribution is -0.127. The van der Waals surface area contributed by atoms with Crippen molar-refractivity contribution in [3.05, 3.63) is 114 Å². The Labute approximate surface area is 278 Å². The monoisotopic (exact) mass is 634 g/mol. The number of anilines is 1. The zero-order valence-electron chi connectivity index (χ0n) is 27.5. The normalized spacial score (nSPS) is 19.0. The fourth-order valence-corrected chi connectivity index (χ4v) is 6.85. The summed E-state index contributed by atoms with van der Waals surface area (Å²) in [6.07, 6.45) is 3.31. The van der Waals surface area contributed by atoms with Crippen LogP contribution in [0.3, 0.4) is 0 Å². The number of nitrogens with one attached hydrogen (secondary N) is 1. The van der Waals surface area contributed by atoms with E-state index in [1.54, 1.807) is 14.2 Å². The number of carbonyl (C=O) groups is 1. The Kier molecular flexibility index (Phi) is 11.1. The van der Waals surface area contributed by atoms with Crippen molar-refractivity contribution in [1.82, 2.24) is 5.32 Å². The summed E-state index contributed by atoms with van der Waals surface area (Å²) in [7, 11) is 3.42. The van der Waals surface area contributed by atoms with Crippen LogP contribution in [0.25, 0.3) is 11.1 Å². The van der Waals surface area contributed by atoms with Gasteiger partial charge in [0.15, 0.2) is 0 Å². The van der Waals surface area contributed by atoms with Gasteiger partial charge < -0.3 is 29.2 Å². The first-order chi connectivity index (χ1) is 23.1. The maximum atomic E-state index is 13.6. The van der Waals surface area contributed by atoms with Gasteiger partial charge >= 0.3 is 0 Å². The maximum absolute atomic E-state index is 13.6. The molecule has 1 aliphatic carbocycles. The summed E-state index contributed by atoms with van der Waals surface area (Å²) in [6.45, 7) is 4.24. The predicted molar refractivity (Wildman–Crippen MR) is 186 cm³/mol. The lowest BCUT2D eigenvalue weighted by Crippen LogP contribution is -2.38. The molecule has 47 heavy (non-hydrogen) atoms. The number of nitrogens with zero attached hydrogens (tertiary/aromatic N) is 1. The van der Waals surface area contributed by atoms with E-state index in [2.05, 4.69) is 76.9 Å². The second-order valence-electron chi connectivity index (χ2n) is 12.5. The number of amides is 1. The molecule has 1 saturated carbocycles. The highest BCUT2D eigenvalue weighted by atomic mass is 16.5. The van der Waals surface area contributed by atoms with E-state index in [9.17, 15) is 4.79 Å². The summed E-state index contributed by atoms with van der Waals surface area (Å²) in [4.78, 5) is 15.9. The second kappa shape index (κ2) is 16.0. The molecule has 4 aromatic rings. The van der Waals surface area contributed by atoms with Gasteiger partial charge in [0.2, 0.25) is 5.91 Å². The molecule has 6 rings (SSSR count). The minimum absolute atomic E-state index is 0.0000808. The zero-order chi connectivity index (χ0) is 32.4. The van der Waals surface area contributed by atoms with E-state index < -0.39 is 0 Å². The summed E-state index contributed by atoms with van der Waals surface area (Å²) >= 11 is 0. The number of hydrogen-bond acceptors (Lipinski definition) is 6. The van der Waals surface area contributed by atoms with E-state index in [4.69, 9.17) is 18.9 Å². The third kappa shape index (κ3) is 8.34. The van der Waals surface area contributed by atoms with E-state index in [1.807, 2.05) is 30.3 Å². The van der Waals surface area contributed by atoms with Gasteiger partial charge in [0.05, 0.1) is 32.1 Å². The average Bonchev–Trinajstić information content (AvgIpc) is 3.13. The van der Waals surface area contributed by atoms with E-state index in [0.29, 0.717) is 19.8 Å². The smallest absolute Gasteiger partial charge is 0.223 e. The van der Waals surface area contributed by atoms with E-state index in [0.717, 1.165) is 79.3 Å². The van der Waals surface area contributed by atoms with E-state index >= 15 is 0 Å². The maximum Gasteiger partial charge on any atom is 0.223 e. The second-order valence-corrected chi connectivity index (χ2v) is 12.5. The Morgan fingerprint density at radius 3 is 2.53 bits per heavy atom. The predicted octanol–water partition coefficient (Wildman–Crippen LogP) is 7.38. The zero-order valence-corrected chi connectivity index (χ0v) is 27.5. The number of rotatable bonds is 13. The Morgan fingerprint density at radius 1 is 0.894 bits per heavy atom. The molecule has 0 radical (unpaired) electrons. The number of ether oxygens (including phenoxy) is 4. The molecular formula is C40H46N2O5. The van der Waals surface area contributed by atoms with Crippen molar-refractivity contribution in [2.75, 3.05) is 45.4 Å². The summed E-state index contributed by atoms with van der Waals surface area (Å²) < 4.78 is 23.3. The van der Waals surface area contributed by atoms with Crippen LogP contribution >= 0.6 is 0 Å². The third-order valence-corrected chi connectivity index (χ3v) is 9.43. The topological polar surface area (TPSA) is 69.3 Å². The highest BCUT2D eigenvalue weighted by Gasteiger charge is 2.35. The molecule has 4 aromatic carbocycles. The van der Waals surface area contributed by atoms with Gasteiger partial charge in [0.1, 0.15) is 18.1 Å². The first kappa shape index (κ1) is 32.6. The number of benzene rings is 4. The highest BCUT2D eigenvalue weighted by molar-refractivity contribution is 5.79. The third-order valence-electron chi connectivity index (χ3n) is 9.43. The standard InChI is InChI=1S/C40H46N2O5/c1-44-22-7-20-42-21-23-46-39-18-12-30(25-37(39)42)28-47-38-19-15-34(26-36(38)32-13-16-35(45-2)17-14-32)40(43)41-27-29-8-6-11-33(24-29)31-9-4-3-5-10-31/h3-6,8-14,16-18,24-25,34,36,38H,7,15,19-23,26-28H2,1-2H3,(H,41,43)/t34-,36-,38+/m1/s1. The number of fused-ring (bicyclic) bond motifs is 1. The minimum atomic E-state index is -0.0826. The van der Waals surface area contributed by atoms with Crippen LogP contribution in [0.4, 0.5) is 5.69 Å². The van der Waals surface area contributed by atoms with Crippen molar-refractivity contribution >= 4 is 11.6 Å². The van der Waals surface area contributed by atoms with Crippen molar-refractivity contribution in [2.24, 2.45) is 5.92 Å². The lowest BCUT2D eigenvalue weighted by Gasteiger charge is -2.36. The van der Waals surface area contributed by atoms with Gasteiger partial charge in [-0.1, -0.05) is 66.7 Å². The molecule has 7 nitrogen and oxygen atoms in total. The Hall–Kier alpha value is -4.33. The molecule has 1 amide bonds. The molecule has 2 aliphatic rings. The van der Waals surface area contributed by atoms with Crippen LogP contribution in [-0.4, -0.2) is 52.5 Å². The first-order valence-corrected chi connectivity index (χ1v) is 16.8. The molecule has 7 heteroatoms. The van der Waals surface area contributed by atoms with Crippen molar-refractivity contribution in [2.45, 2.75) is 50.9 Å². The molecule has 0 spiro atoms. The summed E-state index contributed by atoms with van der Waals surface area (Å²) in [5, 5.41) is 3.24. The van der Waals surface area contributed by atoms with Crippen LogP contribution in [0.15, 0.2) is 97.1 Å². The van der Waals surface area contributed by atoms with Crippen LogP contribution in [0, 0.1) is 5.92 Å². The molecule has 1 heterocycles. The number of carbonyl (C=O) groups excluding carboxylic acids is 1. The highest BCUT2D eigenvalue weighted by Crippen LogP contribution is 2.40.